The van der Waals surface area contributed by atoms with Crippen LogP contribution < -0.4 is 10.1 Å². The largest absolute Gasteiger partial charge is 0.488 e. The number of rotatable bonds is 2. The Bertz CT molecular complexity index is 402. The standard InChI is InChI=1S/C11H11BrF3NO/c12-9-5-7(11(13,14)15)1-2-10(9)17-8-3-4-16-6-8/h1-2,5,8,16H,3-4,6H2. The maximum absolute atomic E-state index is 12.4. The molecule has 1 aromatic carbocycles. The minimum absolute atomic E-state index is 0.0306. The fourth-order valence-corrected chi connectivity index (χ4v) is 2.15. The molecule has 1 unspecified atom stereocenters. The molecule has 6 heteroatoms. The van der Waals surface area contributed by atoms with Gasteiger partial charge in [0.25, 0.3) is 0 Å². The molecule has 0 radical (unpaired) electrons. The molecular formula is C11H11BrF3NO. The van der Waals surface area contributed by atoms with E-state index in [2.05, 4.69) is 21.2 Å². The van der Waals surface area contributed by atoms with Gasteiger partial charge in [0.1, 0.15) is 11.9 Å². The Labute approximate surface area is 105 Å². The van der Waals surface area contributed by atoms with E-state index in [0.717, 1.165) is 31.6 Å². The van der Waals surface area contributed by atoms with Gasteiger partial charge in [-0.05, 0) is 47.1 Å². The van der Waals surface area contributed by atoms with Crippen LogP contribution in [0.2, 0.25) is 0 Å². The van der Waals surface area contributed by atoms with E-state index in [9.17, 15) is 13.2 Å². The molecule has 2 rings (SSSR count). The smallest absolute Gasteiger partial charge is 0.416 e. The van der Waals surface area contributed by atoms with Crippen LogP contribution in [0.1, 0.15) is 12.0 Å². The molecule has 0 aromatic heterocycles. The third kappa shape index (κ3) is 3.13. The number of hydrogen-bond acceptors (Lipinski definition) is 2. The van der Waals surface area contributed by atoms with Crippen molar-refractivity contribution in [3.8, 4) is 5.75 Å². The van der Waals surface area contributed by atoms with Gasteiger partial charge < -0.3 is 10.1 Å². The Balaban J connectivity index is 2.14. The lowest BCUT2D eigenvalue weighted by atomic mass is 10.2. The first-order chi connectivity index (χ1) is 7.97. The van der Waals surface area contributed by atoms with Crippen molar-refractivity contribution in [2.75, 3.05) is 13.1 Å². The van der Waals surface area contributed by atoms with Crippen LogP contribution in [-0.4, -0.2) is 19.2 Å². The van der Waals surface area contributed by atoms with E-state index in [1.165, 1.54) is 6.07 Å². The van der Waals surface area contributed by atoms with Gasteiger partial charge >= 0.3 is 6.18 Å². The fourth-order valence-electron chi connectivity index (χ4n) is 1.68. The summed E-state index contributed by atoms with van der Waals surface area (Å²) in [6.45, 7) is 1.61. The molecule has 1 aliphatic rings. The molecule has 1 aliphatic heterocycles. The summed E-state index contributed by atoms with van der Waals surface area (Å²) < 4.78 is 43.2. The highest BCUT2D eigenvalue weighted by atomic mass is 79.9. The van der Waals surface area contributed by atoms with Gasteiger partial charge in [-0.15, -0.1) is 0 Å². The molecule has 2 nitrogen and oxygen atoms in total. The molecule has 1 saturated heterocycles. The summed E-state index contributed by atoms with van der Waals surface area (Å²) in [5.74, 6) is 0.451. The van der Waals surface area contributed by atoms with E-state index in [4.69, 9.17) is 4.74 Å². The maximum atomic E-state index is 12.4. The Kier molecular flexibility index (Phi) is 3.63. The summed E-state index contributed by atoms with van der Waals surface area (Å²) in [6.07, 6.45) is -3.42. The van der Waals surface area contributed by atoms with Gasteiger partial charge in [0, 0.05) is 6.54 Å². The number of hydrogen-bond donors (Lipinski definition) is 1. The van der Waals surface area contributed by atoms with Crippen molar-refractivity contribution < 1.29 is 17.9 Å². The van der Waals surface area contributed by atoms with Gasteiger partial charge in [-0.3, -0.25) is 0 Å². The molecule has 1 aromatic rings. The summed E-state index contributed by atoms with van der Waals surface area (Å²) in [5, 5.41) is 3.13. The van der Waals surface area contributed by atoms with E-state index >= 15 is 0 Å². The second kappa shape index (κ2) is 4.86. The minimum Gasteiger partial charge on any atom is -0.488 e. The van der Waals surface area contributed by atoms with Gasteiger partial charge in [-0.25, -0.2) is 0 Å². The van der Waals surface area contributed by atoms with Crippen LogP contribution >= 0.6 is 15.9 Å². The monoisotopic (exact) mass is 309 g/mol. The Morgan fingerprint density at radius 1 is 1.35 bits per heavy atom. The molecule has 94 valence electrons. The lowest BCUT2D eigenvalue weighted by Gasteiger charge is -2.15. The number of ether oxygens (including phenoxy) is 1. The number of alkyl halides is 3. The molecule has 1 fully saturated rings. The molecule has 1 heterocycles. The average molecular weight is 310 g/mol. The predicted molar refractivity (Wildman–Crippen MR) is 61.0 cm³/mol. The minimum atomic E-state index is -4.32. The molecule has 1 N–H and O–H groups in total. The molecule has 0 saturated carbocycles. The van der Waals surface area contributed by atoms with Gasteiger partial charge in [0.2, 0.25) is 0 Å². The SMILES string of the molecule is FC(F)(F)c1ccc(OC2CCNC2)c(Br)c1. The molecule has 0 bridgehead atoms. The van der Waals surface area contributed by atoms with E-state index < -0.39 is 11.7 Å². The van der Waals surface area contributed by atoms with Crippen molar-refractivity contribution in [2.24, 2.45) is 0 Å². The third-order valence-corrected chi connectivity index (χ3v) is 3.19. The second-order valence-corrected chi connectivity index (χ2v) is 4.73. The van der Waals surface area contributed by atoms with Crippen LogP contribution in [0.4, 0.5) is 13.2 Å². The number of halogens is 4. The number of benzene rings is 1. The zero-order valence-electron chi connectivity index (χ0n) is 8.85. The normalized spacial score (nSPS) is 20.6. The summed E-state index contributed by atoms with van der Waals surface area (Å²) in [6, 6.07) is 3.42. The lowest BCUT2D eigenvalue weighted by Crippen LogP contribution is -2.19. The van der Waals surface area contributed by atoms with E-state index in [0.29, 0.717) is 10.2 Å². The molecule has 0 amide bonds. The van der Waals surface area contributed by atoms with Crippen molar-refractivity contribution in [1.29, 1.82) is 0 Å². The maximum Gasteiger partial charge on any atom is 0.416 e. The van der Waals surface area contributed by atoms with Gasteiger partial charge in [-0.2, -0.15) is 13.2 Å². The fraction of sp³-hybridized carbons (Fsp3) is 0.455. The van der Waals surface area contributed by atoms with Gasteiger partial charge in [0.15, 0.2) is 0 Å². The van der Waals surface area contributed by atoms with Crippen molar-refractivity contribution in [3.05, 3.63) is 28.2 Å². The summed E-state index contributed by atoms with van der Waals surface area (Å²) >= 11 is 3.10. The average Bonchev–Trinajstić information content (AvgIpc) is 2.72. The molecule has 1 atom stereocenters. The first kappa shape index (κ1) is 12.7. The highest BCUT2D eigenvalue weighted by Gasteiger charge is 2.31. The van der Waals surface area contributed by atoms with Crippen molar-refractivity contribution in [2.45, 2.75) is 18.7 Å². The number of nitrogens with one attached hydrogen (secondary N) is 1. The molecular weight excluding hydrogens is 299 g/mol. The van der Waals surface area contributed by atoms with Crippen LogP contribution in [0.5, 0.6) is 5.75 Å². The summed E-state index contributed by atoms with van der Waals surface area (Å²) in [7, 11) is 0. The van der Waals surface area contributed by atoms with Gasteiger partial charge in [-0.1, -0.05) is 0 Å². The second-order valence-electron chi connectivity index (χ2n) is 3.88. The third-order valence-electron chi connectivity index (χ3n) is 2.57. The van der Waals surface area contributed by atoms with Crippen molar-refractivity contribution in [1.82, 2.24) is 5.32 Å². The predicted octanol–water partition coefficient (Wildman–Crippen LogP) is 3.21. The van der Waals surface area contributed by atoms with Gasteiger partial charge in [0.05, 0.1) is 10.0 Å². The molecule has 0 aliphatic carbocycles. The molecule has 17 heavy (non-hydrogen) atoms. The zero-order chi connectivity index (χ0) is 12.5. The van der Waals surface area contributed by atoms with Crippen molar-refractivity contribution >= 4 is 15.9 Å². The Hall–Kier alpha value is -0.750. The van der Waals surface area contributed by atoms with Crippen LogP contribution in [0, 0.1) is 0 Å². The highest BCUT2D eigenvalue weighted by molar-refractivity contribution is 9.10. The summed E-state index contributed by atoms with van der Waals surface area (Å²) in [4.78, 5) is 0. The Morgan fingerprint density at radius 3 is 2.65 bits per heavy atom. The Morgan fingerprint density at radius 2 is 2.12 bits per heavy atom. The van der Waals surface area contributed by atoms with Crippen LogP contribution in [-0.2, 0) is 6.18 Å². The van der Waals surface area contributed by atoms with Crippen LogP contribution in [0.3, 0.4) is 0 Å². The van der Waals surface area contributed by atoms with Crippen LogP contribution in [0.15, 0.2) is 22.7 Å². The summed E-state index contributed by atoms with van der Waals surface area (Å²) in [5.41, 5.74) is -0.679. The first-order valence-electron chi connectivity index (χ1n) is 5.21. The topological polar surface area (TPSA) is 21.3 Å². The van der Waals surface area contributed by atoms with Crippen LogP contribution in [0.25, 0.3) is 0 Å². The van der Waals surface area contributed by atoms with E-state index in [1.54, 1.807) is 0 Å². The van der Waals surface area contributed by atoms with E-state index in [1.807, 2.05) is 0 Å². The van der Waals surface area contributed by atoms with E-state index in [-0.39, 0.29) is 6.10 Å². The highest BCUT2D eigenvalue weighted by Crippen LogP contribution is 2.35. The van der Waals surface area contributed by atoms with Crippen molar-refractivity contribution in [3.63, 3.8) is 0 Å². The molecule has 0 spiro atoms. The first-order valence-corrected chi connectivity index (χ1v) is 6.00. The lowest BCUT2D eigenvalue weighted by molar-refractivity contribution is -0.137. The quantitative estimate of drug-likeness (QED) is 0.906. The zero-order valence-corrected chi connectivity index (χ0v) is 10.4.